The number of unbranched alkanes of at least 4 members (excludes halogenated alkanes) is 1. The number of fused-ring (bicyclic) bond motifs is 3. The summed E-state index contributed by atoms with van der Waals surface area (Å²) in [6.45, 7) is 7.00. The van der Waals surface area contributed by atoms with Gasteiger partial charge in [0.15, 0.2) is 5.82 Å². The Balaban J connectivity index is 1.36. The number of rotatable bonds is 6. The van der Waals surface area contributed by atoms with E-state index in [2.05, 4.69) is 53.0 Å². The number of hydrogen-bond donors (Lipinski definition) is 2. The predicted molar refractivity (Wildman–Crippen MR) is 167 cm³/mol. The zero-order valence-corrected chi connectivity index (χ0v) is 25.4. The molecule has 10 heteroatoms. The molecule has 0 bridgehead atoms. The van der Waals surface area contributed by atoms with Gasteiger partial charge in [-0.15, -0.1) is 32.9 Å². The minimum Gasteiger partial charge on any atom is -0.345 e. The molecule has 0 spiro atoms. The van der Waals surface area contributed by atoms with Crippen LogP contribution in [0.2, 0.25) is 5.02 Å². The lowest BCUT2D eigenvalue weighted by atomic mass is 9.99. The van der Waals surface area contributed by atoms with Crippen molar-refractivity contribution < 1.29 is 4.79 Å². The second kappa shape index (κ2) is 12.8. The highest BCUT2D eigenvalue weighted by atomic mass is 35.5. The summed E-state index contributed by atoms with van der Waals surface area (Å²) in [5.74, 6) is 13.7. The van der Waals surface area contributed by atoms with Crippen LogP contribution in [0.3, 0.4) is 0 Å². The van der Waals surface area contributed by atoms with Crippen LogP contribution in [0.1, 0.15) is 68.3 Å². The molecular weight excluding hydrogens is 572 g/mol. The number of benzene rings is 1. The van der Waals surface area contributed by atoms with Gasteiger partial charge in [0, 0.05) is 27.4 Å². The molecule has 3 N–H and O–H groups in total. The normalized spacial score (nSPS) is 13.6. The van der Waals surface area contributed by atoms with E-state index in [1.165, 1.54) is 16.2 Å². The average molecular weight is 601 g/mol. The van der Waals surface area contributed by atoms with Crippen LogP contribution in [0.25, 0.3) is 5.00 Å². The van der Waals surface area contributed by atoms with E-state index in [9.17, 15) is 4.79 Å². The number of amides is 1. The van der Waals surface area contributed by atoms with Crippen molar-refractivity contribution >= 4 is 45.9 Å². The van der Waals surface area contributed by atoms with E-state index < -0.39 is 6.04 Å². The van der Waals surface area contributed by atoms with Gasteiger partial charge in [-0.05, 0) is 63.6 Å². The Morgan fingerprint density at radius 2 is 1.78 bits per heavy atom. The van der Waals surface area contributed by atoms with Crippen molar-refractivity contribution in [1.29, 1.82) is 0 Å². The van der Waals surface area contributed by atoms with E-state index in [-0.39, 0.29) is 18.9 Å². The number of carbonyl (C=O) groups is 1. The molecule has 4 aromatic rings. The quantitative estimate of drug-likeness (QED) is 0.225. The highest BCUT2D eigenvalue weighted by Gasteiger charge is 2.32. The van der Waals surface area contributed by atoms with Crippen LogP contribution in [0.4, 0.5) is 0 Å². The monoisotopic (exact) mass is 600 g/mol. The lowest BCUT2D eigenvalue weighted by molar-refractivity contribution is -0.121. The van der Waals surface area contributed by atoms with E-state index in [0.29, 0.717) is 17.4 Å². The van der Waals surface area contributed by atoms with E-state index in [1.807, 2.05) is 47.9 Å². The fourth-order valence-corrected chi connectivity index (χ4v) is 6.56. The molecular formula is C31H29ClN6OS2. The fourth-order valence-electron chi connectivity index (χ4n) is 4.47. The molecule has 4 heterocycles. The summed E-state index contributed by atoms with van der Waals surface area (Å²) in [7, 11) is 0. The van der Waals surface area contributed by atoms with Gasteiger partial charge in [-0.1, -0.05) is 47.4 Å². The lowest BCUT2D eigenvalue weighted by Gasteiger charge is -2.12. The van der Waals surface area contributed by atoms with Crippen molar-refractivity contribution in [2.24, 2.45) is 10.7 Å². The van der Waals surface area contributed by atoms with Gasteiger partial charge in [-0.2, -0.15) is 0 Å². The van der Waals surface area contributed by atoms with Crippen LogP contribution >= 0.6 is 34.3 Å². The molecule has 0 aliphatic carbocycles. The maximum atomic E-state index is 13.1. The van der Waals surface area contributed by atoms with Gasteiger partial charge in [-0.25, -0.2) is 0 Å². The first-order chi connectivity index (χ1) is 19.9. The highest BCUT2D eigenvalue weighted by molar-refractivity contribution is 7.15. The number of carbonyl (C=O) groups excluding carboxylic acids is 1. The highest BCUT2D eigenvalue weighted by Crippen LogP contribution is 2.39. The predicted octanol–water partition coefficient (Wildman–Crippen LogP) is 5.51. The number of thiophene rings is 2. The van der Waals surface area contributed by atoms with Crippen molar-refractivity contribution in [1.82, 2.24) is 20.1 Å². The third-order valence-corrected chi connectivity index (χ3v) is 9.01. The molecule has 0 saturated heterocycles. The van der Waals surface area contributed by atoms with Crippen LogP contribution in [-0.2, 0) is 4.79 Å². The summed E-state index contributed by atoms with van der Waals surface area (Å²) in [4.78, 5) is 21.3. The first-order valence-corrected chi connectivity index (χ1v) is 15.3. The minimum atomic E-state index is -0.521. The molecule has 1 aliphatic rings. The van der Waals surface area contributed by atoms with E-state index >= 15 is 0 Å². The molecule has 41 heavy (non-hydrogen) atoms. The Bertz CT molecular complexity index is 1740. The number of nitrogens with zero attached hydrogens (tertiary/aromatic N) is 4. The molecule has 0 unspecified atom stereocenters. The molecule has 208 valence electrons. The van der Waals surface area contributed by atoms with E-state index in [1.54, 1.807) is 11.3 Å². The summed E-state index contributed by atoms with van der Waals surface area (Å²) < 4.78 is 2.04. The average Bonchev–Trinajstić information content (AvgIpc) is 3.62. The largest absolute Gasteiger partial charge is 0.345 e. The Kier molecular flexibility index (Phi) is 9.02. The number of aliphatic imine (C=N–C) groups is 1. The zero-order chi connectivity index (χ0) is 28.9. The van der Waals surface area contributed by atoms with Crippen molar-refractivity contribution in [2.75, 3.05) is 13.1 Å². The number of nitrogens with two attached hydrogens (primary N) is 1. The summed E-state index contributed by atoms with van der Waals surface area (Å²) in [6.07, 6.45) is 1.80. The Hall–Kier alpha value is -3.73. The van der Waals surface area contributed by atoms with Gasteiger partial charge >= 0.3 is 0 Å². The third-order valence-electron chi connectivity index (χ3n) is 6.64. The van der Waals surface area contributed by atoms with Crippen LogP contribution in [0.5, 0.6) is 0 Å². The van der Waals surface area contributed by atoms with Gasteiger partial charge in [0.05, 0.1) is 28.4 Å². The molecule has 7 nitrogen and oxygen atoms in total. The second-order valence-electron chi connectivity index (χ2n) is 9.55. The molecule has 3 aromatic heterocycles. The van der Waals surface area contributed by atoms with Crippen molar-refractivity contribution in [2.45, 2.75) is 46.1 Å². The Labute approximate surface area is 252 Å². The molecule has 0 saturated carbocycles. The molecule has 0 fully saturated rings. The smallest absolute Gasteiger partial charge is 0.223 e. The van der Waals surface area contributed by atoms with E-state index in [0.717, 1.165) is 55.8 Å². The topological polar surface area (TPSA) is 98.2 Å². The molecule has 1 atom stereocenters. The van der Waals surface area contributed by atoms with E-state index in [4.69, 9.17) is 22.3 Å². The second-order valence-corrected chi connectivity index (χ2v) is 12.3. The molecule has 1 aliphatic heterocycles. The number of aromatic nitrogens is 3. The third kappa shape index (κ3) is 6.45. The summed E-state index contributed by atoms with van der Waals surface area (Å²) in [5, 5.41) is 13.4. The van der Waals surface area contributed by atoms with Crippen molar-refractivity contribution in [3.63, 3.8) is 0 Å². The lowest BCUT2D eigenvalue weighted by Crippen LogP contribution is -2.25. The first kappa shape index (κ1) is 28.8. The minimum absolute atomic E-state index is 0.116. The van der Waals surface area contributed by atoms with Crippen molar-refractivity contribution in [3.05, 3.63) is 84.4 Å². The van der Waals surface area contributed by atoms with Crippen molar-refractivity contribution in [3.8, 4) is 28.7 Å². The van der Waals surface area contributed by atoms with Gasteiger partial charge in [0.1, 0.15) is 16.9 Å². The Morgan fingerprint density at radius 3 is 2.51 bits per heavy atom. The Morgan fingerprint density at radius 1 is 1.05 bits per heavy atom. The summed E-state index contributed by atoms with van der Waals surface area (Å²) in [5.41, 5.74) is 9.45. The van der Waals surface area contributed by atoms with Gasteiger partial charge in [-0.3, -0.25) is 14.4 Å². The SMILES string of the molecule is Cc1sc2c(c1C)C(c1ccc(Cl)cc1)=N[C@@H](CC(=O)NCC#Cc1ccc(C#CCCCN)s1)c1nnc(C)n1-2. The standard InChI is InChI=1S/C31H29ClN6OS2/c1-19-20(2)40-31-28(19)29(22-10-12-23(32)13-11-22)35-26(30-37-36-21(3)38(30)31)18-27(39)34-17-7-9-25-15-14-24(41-25)8-5-4-6-16-33/h10-15,26H,4,6,16-18,33H2,1-3H3,(H,34,39)/t26-/m0/s1. The molecule has 1 amide bonds. The van der Waals surface area contributed by atoms with Gasteiger partial charge in [0.2, 0.25) is 5.91 Å². The number of hydrogen-bond acceptors (Lipinski definition) is 7. The fraction of sp³-hybridized carbons (Fsp3) is 0.290. The zero-order valence-electron chi connectivity index (χ0n) is 23.0. The van der Waals surface area contributed by atoms with Gasteiger partial charge in [0.25, 0.3) is 0 Å². The molecule has 1 aromatic carbocycles. The number of nitrogens with one attached hydrogen (secondary N) is 1. The maximum Gasteiger partial charge on any atom is 0.223 e. The maximum absolute atomic E-state index is 13.1. The van der Waals surface area contributed by atoms with Crippen LogP contribution in [0, 0.1) is 44.5 Å². The summed E-state index contributed by atoms with van der Waals surface area (Å²) in [6, 6.07) is 11.0. The number of aryl methyl sites for hydroxylation is 2. The van der Waals surface area contributed by atoms with Crippen LogP contribution in [0.15, 0.2) is 41.4 Å². The molecule has 5 rings (SSSR count). The van der Waals surface area contributed by atoms with Crippen LogP contribution in [-0.4, -0.2) is 39.5 Å². The summed E-state index contributed by atoms with van der Waals surface area (Å²) >= 11 is 9.41. The van der Waals surface area contributed by atoms with Gasteiger partial charge < -0.3 is 11.1 Å². The van der Waals surface area contributed by atoms with Crippen LogP contribution < -0.4 is 11.1 Å². The molecule has 0 radical (unpaired) electrons. The first-order valence-electron chi connectivity index (χ1n) is 13.3. The number of halogens is 1.